The average Bonchev–Trinajstić information content (AvgIpc) is 2.09. The van der Waals surface area contributed by atoms with Gasteiger partial charge in [0.2, 0.25) is 0 Å². The summed E-state index contributed by atoms with van der Waals surface area (Å²) in [4.78, 5) is 0. The van der Waals surface area contributed by atoms with Gasteiger partial charge in [0.25, 0.3) is 0 Å². The molecule has 0 saturated carbocycles. The molecule has 0 fully saturated rings. The van der Waals surface area contributed by atoms with Crippen LogP contribution in [0.4, 0.5) is 0 Å². The Hall–Kier alpha value is -0.820. The Morgan fingerprint density at radius 2 is 1.92 bits per heavy atom. The van der Waals surface area contributed by atoms with Crippen LogP contribution in [-0.2, 0) is 12.8 Å². The molecule has 0 spiro atoms. The number of aryl methyl sites for hydroxylation is 1. The average molecular weight is 163 g/mol. The van der Waals surface area contributed by atoms with E-state index in [1.807, 2.05) is 0 Å². The molecule has 0 heterocycles. The van der Waals surface area contributed by atoms with E-state index in [2.05, 4.69) is 32.0 Å². The van der Waals surface area contributed by atoms with Gasteiger partial charge in [-0.05, 0) is 43.0 Å². The molecule has 0 aliphatic carbocycles. The van der Waals surface area contributed by atoms with Gasteiger partial charge in [-0.15, -0.1) is 0 Å². The Bertz CT molecular complexity index is 253. The SMILES string of the molecule is CCc1cccc(CCN)c1C. The smallest absolute Gasteiger partial charge is 0.00366 e. The molecule has 66 valence electrons. The molecule has 0 radical (unpaired) electrons. The van der Waals surface area contributed by atoms with E-state index in [1.54, 1.807) is 0 Å². The Balaban J connectivity index is 2.97. The zero-order chi connectivity index (χ0) is 8.97. The second-order valence-electron chi connectivity index (χ2n) is 3.09. The highest BCUT2D eigenvalue weighted by atomic mass is 14.5. The van der Waals surface area contributed by atoms with Crippen LogP contribution >= 0.6 is 0 Å². The number of hydrogen-bond acceptors (Lipinski definition) is 1. The summed E-state index contributed by atoms with van der Waals surface area (Å²) in [7, 11) is 0. The van der Waals surface area contributed by atoms with Crippen LogP contribution in [0.15, 0.2) is 18.2 Å². The van der Waals surface area contributed by atoms with E-state index in [0.29, 0.717) is 0 Å². The summed E-state index contributed by atoms with van der Waals surface area (Å²) >= 11 is 0. The minimum Gasteiger partial charge on any atom is -0.330 e. The fourth-order valence-electron chi connectivity index (χ4n) is 1.55. The Labute approximate surface area is 74.6 Å². The van der Waals surface area contributed by atoms with E-state index in [0.717, 1.165) is 19.4 Å². The van der Waals surface area contributed by atoms with E-state index in [1.165, 1.54) is 16.7 Å². The van der Waals surface area contributed by atoms with E-state index in [9.17, 15) is 0 Å². The number of nitrogens with two attached hydrogens (primary N) is 1. The highest BCUT2D eigenvalue weighted by Gasteiger charge is 2.00. The second-order valence-corrected chi connectivity index (χ2v) is 3.09. The lowest BCUT2D eigenvalue weighted by atomic mass is 9.99. The highest BCUT2D eigenvalue weighted by molar-refractivity contribution is 5.34. The van der Waals surface area contributed by atoms with Gasteiger partial charge in [-0.25, -0.2) is 0 Å². The maximum absolute atomic E-state index is 5.52. The van der Waals surface area contributed by atoms with Gasteiger partial charge in [-0.1, -0.05) is 25.1 Å². The molecule has 1 nitrogen and oxygen atoms in total. The van der Waals surface area contributed by atoms with Crippen LogP contribution in [-0.4, -0.2) is 6.54 Å². The van der Waals surface area contributed by atoms with Crippen LogP contribution < -0.4 is 5.73 Å². The zero-order valence-electron chi connectivity index (χ0n) is 7.93. The summed E-state index contributed by atoms with van der Waals surface area (Å²) in [5.41, 5.74) is 9.79. The molecular formula is C11H17N. The molecule has 0 unspecified atom stereocenters. The third-order valence-electron chi connectivity index (χ3n) is 2.35. The largest absolute Gasteiger partial charge is 0.330 e. The lowest BCUT2D eigenvalue weighted by Gasteiger charge is -2.08. The third kappa shape index (κ3) is 1.86. The molecule has 0 bridgehead atoms. The number of benzene rings is 1. The summed E-state index contributed by atoms with van der Waals surface area (Å²) in [6.45, 7) is 5.12. The zero-order valence-corrected chi connectivity index (χ0v) is 7.93. The van der Waals surface area contributed by atoms with Crippen LogP contribution in [0.25, 0.3) is 0 Å². The van der Waals surface area contributed by atoms with Crippen molar-refractivity contribution >= 4 is 0 Å². The standard InChI is InChI=1S/C11H17N/c1-3-10-5-4-6-11(7-8-12)9(10)2/h4-6H,3,7-8,12H2,1-2H3. The molecule has 0 aliphatic rings. The fraction of sp³-hybridized carbons (Fsp3) is 0.455. The maximum Gasteiger partial charge on any atom is -0.00366 e. The summed E-state index contributed by atoms with van der Waals surface area (Å²) < 4.78 is 0. The first-order valence-electron chi connectivity index (χ1n) is 4.57. The summed E-state index contributed by atoms with van der Waals surface area (Å²) in [6.07, 6.45) is 2.11. The van der Waals surface area contributed by atoms with Gasteiger partial charge in [0.15, 0.2) is 0 Å². The van der Waals surface area contributed by atoms with Gasteiger partial charge >= 0.3 is 0 Å². The first-order chi connectivity index (χ1) is 5.79. The molecule has 0 aromatic heterocycles. The van der Waals surface area contributed by atoms with Crippen molar-refractivity contribution in [3.8, 4) is 0 Å². The molecule has 2 N–H and O–H groups in total. The number of rotatable bonds is 3. The molecule has 1 aromatic carbocycles. The fourth-order valence-corrected chi connectivity index (χ4v) is 1.55. The first kappa shape index (κ1) is 9.27. The molecule has 1 heteroatoms. The lowest BCUT2D eigenvalue weighted by Crippen LogP contribution is -2.05. The van der Waals surface area contributed by atoms with Crippen LogP contribution in [0, 0.1) is 6.92 Å². The minimum absolute atomic E-state index is 0.744. The maximum atomic E-state index is 5.52. The Morgan fingerprint density at radius 3 is 2.50 bits per heavy atom. The molecule has 1 rings (SSSR count). The van der Waals surface area contributed by atoms with Gasteiger partial charge in [0, 0.05) is 0 Å². The van der Waals surface area contributed by atoms with Gasteiger partial charge in [-0.2, -0.15) is 0 Å². The van der Waals surface area contributed by atoms with E-state index in [-0.39, 0.29) is 0 Å². The van der Waals surface area contributed by atoms with Gasteiger partial charge in [0.05, 0.1) is 0 Å². The normalized spacial score (nSPS) is 10.2. The topological polar surface area (TPSA) is 26.0 Å². The molecular weight excluding hydrogens is 146 g/mol. The van der Waals surface area contributed by atoms with Crippen molar-refractivity contribution in [2.24, 2.45) is 5.73 Å². The second kappa shape index (κ2) is 4.27. The molecule has 12 heavy (non-hydrogen) atoms. The first-order valence-corrected chi connectivity index (χ1v) is 4.57. The number of hydrogen-bond donors (Lipinski definition) is 1. The molecule has 0 atom stereocenters. The Kier molecular flexibility index (Phi) is 3.30. The predicted octanol–water partition coefficient (Wildman–Crippen LogP) is 2.06. The monoisotopic (exact) mass is 163 g/mol. The predicted molar refractivity (Wildman–Crippen MR) is 53.3 cm³/mol. The van der Waals surface area contributed by atoms with E-state index >= 15 is 0 Å². The Morgan fingerprint density at radius 1 is 1.25 bits per heavy atom. The molecule has 0 amide bonds. The van der Waals surface area contributed by atoms with Crippen LogP contribution in [0.5, 0.6) is 0 Å². The summed E-state index contributed by atoms with van der Waals surface area (Å²) in [5.74, 6) is 0. The van der Waals surface area contributed by atoms with Crippen LogP contribution in [0.1, 0.15) is 23.6 Å². The quantitative estimate of drug-likeness (QED) is 0.725. The summed E-state index contributed by atoms with van der Waals surface area (Å²) in [6, 6.07) is 6.48. The molecule has 0 saturated heterocycles. The third-order valence-corrected chi connectivity index (χ3v) is 2.35. The van der Waals surface area contributed by atoms with Crippen molar-refractivity contribution < 1.29 is 0 Å². The highest BCUT2D eigenvalue weighted by Crippen LogP contribution is 2.14. The van der Waals surface area contributed by atoms with Crippen molar-refractivity contribution in [1.29, 1.82) is 0 Å². The van der Waals surface area contributed by atoms with Crippen molar-refractivity contribution in [1.82, 2.24) is 0 Å². The van der Waals surface area contributed by atoms with Gasteiger partial charge < -0.3 is 5.73 Å². The minimum atomic E-state index is 0.744. The van der Waals surface area contributed by atoms with Crippen molar-refractivity contribution in [3.63, 3.8) is 0 Å². The van der Waals surface area contributed by atoms with Crippen LogP contribution in [0.2, 0.25) is 0 Å². The van der Waals surface area contributed by atoms with Gasteiger partial charge in [0.1, 0.15) is 0 Å². The summed E-state index contributed by atoms with van der Waals surface area (Å²) in [5, 5.41) is 0. The van der Waals surface area contributed by atoms with Crippen molar-refractivity contribution in [2.75, 3.05) is 6.54 Å². The van der Waals surface area contributed by atoms with E-state index in [4.69, 9.17) is 5.73 Å². The van der Waals surface area contributed by atoms with Crippen molar-refractivity contribution in [3.05, 3.63) is 34.9 Å². The van der Waals surface area contributed by atoms with E-state index < -0.39 is 0 Å². The van der Waals surface area contributed by atoms with Crippen molar-refractivity contribution in [2.45, 2.75) is 26.7 Å². The molecule has 0 aliphatic heterocycles. The van der Waals surface area contributed by atoms with Gasteiger partial charge in [-0.3, -0.25) is 0 Å². The lowest BCUT2D eigenvalue weighted by molar-refractivity contribution is 0.946. The van der Waals surface area contributed by atoms with Crippen LogP contribution in [0.3, 0.4) is 0 Å². The molecule has 1 aromatic rings.